The predicted octanol–water partition coefficient (Wildman–Crippen LogP) is 11.1. The van der Waals surface area contributed by atoms with Crippen LogP contribution in [0.4, 0.5) is 13.2 Å². The summed E-state index contributed by atoms with van der Waals surface area (Å²) < 4.78 is 52.0. The molecule has 42 heavy (non-hydrogen) atoms. The molecule has 2 unspecified atom stereocenters. The van der Waals surface area contributed by atoms with Crippen molar-refractivity contribution < 1.29 is 27.4 Å². The second-order valence-corrected chi connectivity index (χ2v) is 12.5. The number of hydrogen-bond donors (Lipinski definition) is 0. The van der Waals surface area contributed by atoms with Gasteiger partial charge in [-0.25, -0.2) is 0 Å². The molecule has 1 aliphatic carbocycles. The van der Waals surface area contributed by atoms with E-state index in [2.05, 4.69) is 41.1 Å². The Balaban J connectivity index is 1.67. The van der Waals surface area contributed by atoms with Gasteiger partial charge in [-0.3, -0.25) is 4.79 Å². The Morgan fingerprint density at radius 1 is 0.857 bits per heavy atom. The molecule has 2 aromatic carbocycles. The standard InChI is InChI=1S/C35H48BrF3O3/c1-3-5-7-8-9-10-11-14-23-41-33(40)20-15-18-29(32(19-6-4-2)42-25-35(37,38)39)34-30-24-26-16-12-13-17-27(26)28(30)21-22-31(34)36/h12-13,16-17,21-22,29,32H,3-11,14-15,18-20,23-25H2,1-2H3. The molecular weight excluding hydrogens is 605 g/mol. The van der Waals surface area contributed by atoms with E-state index in [1.54, 1.807) is 0 Å². The van der Waals surface area contributed by atoms with Crippen molar-refractivity contribution in [2.24, 2.45) is 0 Å². The van der Waals surface area contributed by atoms with Gasteiger partial charge in [-0.2, -0.15) is 13.2 Å². The Labute approximate surface area is 259 Å². The third kappa shape index (κ3) is 11.0. The van der Waals surface area contributed by atoms with E-state index in [9.17, 15) is 18.0 Å². The zero-order chi connectivity index (χ0) is 30.4. The molecule has 2 atom stereocenters. The average Bonchev–Trinajstić information content (AvgIpc) is 3.33. The van der Waals surface area contributed by atoms with Gasteiger partial charge in [0.15, 0.2) is 0 Å². The lowest BCUT2D eigenvalue weighted by Gasteiger charge is -2.31. The largest absolute Gasteiger partial charge is 0.466 e. The highest BCUT2D eigenvalue weighted by Crippen LogP contribution is 2.46. The van der Waals surface area contributed by atoms with Gasteiger partial charge < -0.3 is 9.47 Å². The molecule has 3 nitrogen and oxygen atoms in total. The number of ether oxygens (including phenoxy) is 2. The fourth-order valence-corrected chi connectivity index (χ4v) is 6.76. The number of benzene rings is 2. The highest BCUT2D eigenvalue weighted by Gasteiger charge is 2.35. The van der Waals surface area contributed by atoms with Crippen LogP contribution in [-0.4, -0.2) is 31.5 Å². The van der Waals surface area contributed by atoms with Crippen LogP contribution in [-0.2, 0) is 20.7 Å². The number of carbonyl (C=O) groups is 1. The molecule has 1 aliphatic rings. The normalized spacial score (nSPS) is 14.0. The summed E-state index contributed by atoms with van der Waals surface area (Å²) in [5, 5.41) is 0. The first-order chi connectivity index (χ1) is 20.2. The van der Waals surface area contributed by atoms with Gasteiger partial charge >= 0.3 is 12.1 Å². The molecule has 0 saturated heterocycles. The van der Waals surface area contributed by atoms with Crippen LogP contribution in [0.2, 0.25) is 0 Å². The highest BCUT2D eigenvalue weighted by molar-refractivity contribution is 9.10. The summed E-state index contributed by atoms with van der Waals surface area (Å²) in [5.74, 6) is -0.513. The van der Waals surface area contributed by atoms with Crippen LogP contribution in [0.25, 0.3) is 11.1 Å². The van der Waals surface area contributed by atoms with E-state index in [4.69, 9.17) is 9.47 Å². The maximum atomic E-state index is 13.3. The SMILES string of the molecule is CCCCCCCCCCOC(=O)CCCC(c1c(Br)ccc2c1Cc1ccccc1-2)C(CCCC)OCC(F)(F)F. The van der Waals surface area contributed by atoms with E-state index in [1.807, 2.05) is 25.1 Å². The van der Waals surface area contributed by atoms with Crippen LogP contribution in [0.15, 0.2) is 40.9 Å². The summed E-state index contributed by atoms with van der Waals surface area (Å²) in [6, 6.07) is 12.3. The summed E-state index contributed by atoms with van der Waals surface area (Å²) >= 11 is 3.75. The third-order valence-corrected chi connectivity index (χ3v) is 8.95. The van der Waals surface area contributed by atoms with Crippen LogP contribution < -0.4 is 0 Å². The number of halogens is 4. The Bertz CT molecular complexity index is 1100. The molecule has 0 fully saturated rings. The fraction of sp³-hybridized carbons (Fsp3) is 0.629. The van der Waals surface area contributed by atoms with E-state index < -0.39 is 18.9 Å². The molecule has 0 amide bonds. The second-order valence-electron chi connectivity index (χ2n) is 11.6. The molecule has 2 aromatic rings. The van der Waals surface area contributed by atoms with Crippen molar-refractivity contribution in [3.8, 4) is 11.1 Å². The van der Waals surface area contributed by atoms with Crippen molar-refractivity contribution in [3.05, 3.63) is 57.6 Å². The summed E-state index contributed by atoms with van der Waals surface area (Å²) in [4.78, 5) is 12.6. The van der Waals surface area contributed by atoms with Crippen molar-refractivity contribution in [2.45, 2.75) is 128 Å². The summed E-state index contributed by atoms with van der Waals surface area (Å²) in [5.41, 5.74) is 5.68. The smallest absolute Gasteiger partial charge is 0.411 e. The van der Waals surface area contributed by atoms with Gasteiger partial charge in [0.1, 0.15) is 6.61 Å². The Hall–Kier alpha value is -1.86. The molecule has 234 valence electrons. The van der Waals surface area contributed by atoms with Crippen molar-refractivity contribution in [3.63, 3.8) is 0 Å². The minimum absolute atomic E-state index is 0.234. The van der Waals surface area contributed by atoms with Crippen molar-refractivity contribution in [1.29, 1.82) is 0 Å². The van der Waals surface area contributed by atoms with E-state index in [0.717, 1.165) is 53.3 Å². The number of esters is 1. The lowest BCUT2D eigenvalue weighted by atomic mass is 9.82. The molecule has 0 N–H and O–H groups in total. The van der Waals surface area contributed by atoms with Crippen LogP contribution in [0, 0.1) is 0 Å². The van der Waals surface area contributed by atoms with E-state index in [0.29, 0.717) is 25.9 Å². The van der Waals surface area contributed by atoms with Gasteiger partial charge in [0.2, 0.25) is 0 Å². The Morgan fingerprint density at radius 2 is 1.55 bits per heavy atom. The lowest BCUT2D eigenvalue weighted by molar-refractivity contribution is -0.188. The first kappa shape index (κ1) is 34.6. The number of fused-ring (bicyclic) bond motifs is 3. The topological polar surface area (TPSA) is 35.5 Å². The van der Waals surface area contributed by atoms with Gasteiger partial charge in [0.05, 0.1) is 12.7 Å². The van der Waals surface area contributed by atoms with Crippen molar-refractivity contribution >= 4 is 21.9 Å². The zero-order valence-corrected chi connectivity index (χ0v) is 27.0. The summed E-state index contributed by atoms with van der Waals surface area (Å²) in [7, 11) is 0. The lowest BCUT2D eigenvalue weighted by Crippen LogP contribution is -2.29. The maximum absolute atomic E-state index is 13.3. The quantitative estimate of drug-likeness (QED) is 0.0899. The van der Waals surface area contributed by atoms with Gasteiger partial charge in [-0.15, -0.1) is 0 Å². The molecule has 0 radical (unpaired) electrons. The highest BCUT2D eigenvalue weighted by atomic mass is 79.9. The average molecular weight is 654 g/mol. The molecular formula is C35H48BrF3O3. The first-order valence-electron chi connectivity index (χ1n) is 16.0. The van der Waals surface area contributed by atoms with E-state index in [1.165, 1.54) is 49.7 Å². The van der Waals surface area contributed by atoms with Crippen LogP contribution in [0.3, 0.4) is 0 Å². The number of carbonyl (C=O) groups excluding carboxylic acids is 1. The third-order valence-electron chi connectivity index (χ3n) is 8.26. The van der Waals surface area contributed by atoms with Gasteiger partial charge in [-0.05, 0) is 66.0 Å². The fourth-order valence-electron chi connectivity index (χ4n) is 6.09. The van der Waals surface area contributed by atoms with Crippen molar-refractivity contribution in [2.75, 3.05) is 13.2 Å². The molecule has 3 rings (SSSR count). The Morgan fingerprint density at radius 3 is 2.26 bits per heavy atom. The van der Waals surface area contributed by atoms with E-state index in [-0.39, 0.29) is 18.3 Å². The van der Waals surface area contributed by atoms with Crippen molar-refractivity contribution in [1.82, 2.24) is 0 Å². The molecule has 0 heterocycles. The Kier molecular flexibility index (Phi) is 14.9. The monoisotopic (exact) mass is 652 g/mol. The predicted molar refractivity (Wildman–Crippen MR) is 168 cm³/mol. The number of rotatable bonds is 20. The van der Waals surface area contributed by atoms with Crippen LogP contribution in [0.5, 0.6) is 0 Å². The molecule has 0 aliphatic heterocycles. The molecule has 0 saturated carbocycles. The minimum atomic E-state index is -4.40. The minimum Gasteiger partial charge on any atom is -0.466 e. The number of unbranched alkanes of at least 4 members (excludes halogenated alkanes) is 8. The van der Waals surface area contributed by atoms with E-state index >= 15 is 0 Å². The van der Waals surface area contributed by atoms with Crippen LogP contribution in [0.1, 0.15) is 126 Å². The zero-order valence-electron chi connectivity index (χ0n) is 25.4. The number of hydrogen-bond acceptors (Lipinski definition) is 3. The molecule has 0 aromatic heterocycles. The second kappa shape index (κ2) is 18.1. The molecule has 0 bridgehead atoms. The molecule has 0 spiro atoms. The first-order valence-corrected chi connectivity index (χ1v) is 16.8. The van der Waals surface area contributed by atoms with Gasteiger partial charge in [0.25, 0.3) is 0 Å². The maximum Gasteiger partial charge on any atom is 0.411 e. The van der Waals surface area contributed by atoms with Gasteiger partial charge in [-0.1, -0.05) is 118 Å². The number of alkyl halides is 3. The van der Waals surface area contributed by atoms with Gasteiger partial charge in [0, 0.05) is 16.8 Å². The summed E-state index contributed by atoms with van der Waals surface area (Å²) in [6.45, 7) is 3.41. The summed E-state index contributed by atoms with van der Waals surface area (Å²) in [6.07, 6.45) is 8.65. The van der Waals surface area contributed by atoms with Crippen LogP contribution >= 0.6 is 15.9 Å². The molecule has 7 heteroatoms.